The second kappa shape index (κ2) is 5.41. The van der Waals surface area contributed by atoms with E-state index < -0.39 is 0 Å². The molecule has 0 fully saturated rings. The van der Waals surface area contributed by atoms with Crippen LogP contribution in [0.3, 0.4) is 0 Å². The molecule has 2 nitrogen and oxygen atoms in total. The van der Waals surface area contributed by atoms with Gasteiger partial charge >= 0.3 is 0 Å². The maximum atomic E-state index is 9.93. The number of rotatable bonds is 2. The molecule has 2 rings (SSSR count). The SMILES string of the molecule is CC(C)(C)c1cc(/C=C/c2ccc(O)cc2)ccc1O. The van der Waals surface area contributed by atoms with Gasteiger partial charge in [0.1, 0.15) is 11.5 Å². The highest BCUT2D eigenvalue weighted by Crippen LogP contribution is 2.31. The zero-order valence-electron chi connectivity index (χ0n) is 12.1. The Balaban J connectivity index is 2.28. The van der Waals surface area contributed by atoms with Crippen LogP contribution in [0.4, 0.5) is 0 Å². The molecule has 0 bridgehead atoms. The minimum Gasteiger partial charge on any atom is -0.508 e. The molecule has 20 heavy (non-hydrogen) atoms. The molecule has 0 radical (unpaired) electrons. The summed E-state index contributed by atoms with van der Waals surface area (Å²) in [6.07, 6.45) is 3.99. The highest BCUT2D eigenvalue weighted by Gasteiger charge is 2.17. The summed E-state index contributed by atoms with van der Waals surface area (Å²) in [5.74, 6) is 0.598. The fourth-order valence-electron chi connectivity index (χ4n) is 2.04. The zero-order chi connectivity index (χ0) is 14.8. The molecule has 0 aliphatic rings. The first kappa shape index (κ1) is 14.2. The van der Waals surface area contributed by atoms with Crippen molar-refractivity contribution in [3.63, 3.8) is 0 Å². The summed E-state index contributed by atoms with van der Waals surface area (Å²) in [4.78, 5) is 0. The van der Waals surface area contributed by atoms with Crippen molar-refractivity contribution in [1.29, 1.82) is 0 Å². The molecule has 2 aromatic rings. The van der Waals surface area contributed by atoms with Gasteiger partial charge in [-0.15, -0.1) is 0 Å². The number of aromatic hydroxyl groups is 2. The van der Waals surface area contributed by atoms with E-state index in [4.69, 9.17) is 0 Å². The molecule has 0 aliphatic heterocycles. The van der Waals surface area contributed by atoms with E-state index in [-0.39, 0.29) is 11.2 Å². The zero-order valence-corrected chi connectivity index (χ0v) is 12.1. The number of benzene rings is 2. The van der Waals surface area contributed by atoms with E-state index in [1.165, 1.54) is 0 Å². The van der Waals surface area contributed by atoms with Gasteiger partial charge in [-0.25, -0.2) is 0 Å². The highest BCUT2D eigenvalue weighted by atomic mass is 16.3. The normalized spacial score (nSPS) is 11.9. The summed E-state index contributed by atoms with van der Waals surface area (Å²) in [6.45, 7) is 6.24. The second-order valence-electron chi connectivity index (χ2n) is 5.95. The Bertz CT molecular complexity index is 617. The maximum Gasteiger partial charge on any atom is 0.119 e. The van der Waals surface area contributed by atoms with Crippen molar-refractivity contribution >= 4 is 12.2 Å². The van der Waals surface area contributed by atoms with Gasteiger partial charge in [-0.1, -0.05) is 51.1 Å². The molecule has 0 atom stereocenters. The molecule has 0 heterocycles. The van der Waals surface area contributed by atoms with Crippen LogP contribution in [0.5, 0.6) is 11.5 Å². The fourth-order valence-corrected chi connectivity index (χ4v) is 2.04. The first-order valence-corrected chi connectivity index (χ1v) is 6.67. The van der Waals surface area contributed by atoms with E-state index in [2.05, 4.69) is 20.8 Å². The molecule has 0 amide bonds. The van der Waals surface area contributed by atoms with Crippen LogP contribution in [0.1, 0.15) is 37.5 Å². The number of phenolic OH excluding ortho intramolecular Hbond substituents is 2. The van der Waals surface area contributed by atoms with Crippen LogP contribution in [0.25, 0.3) is 12.2 Å². The van der Waals surface area contributed by atoms with Gasteiger partial charge in [-0.3, -0.25) is 0 Å². The number of hydrogen-bond donors (Lipinski definition) is 2. The van der Waals surface area contributed by atoms with Crippen LogP contribution in [-0.2, 0) is 5.41 Å². The Morgan fingerprint density at radius 1 is 0.800 bits per heavy atom. The van der Waals surface area contributed by atoms with Crippen molar-refractivity contribution in [2.75, 3.05) is 0 Å². The van der Waals surface area contributed by atoms with Crippen LogP contribution < -0.4 is 0 Å². The molecule has 2 heteroatoms. The second-order valence-corrected chi connectivity index (χ2v) is 5.95. The summed E-state index contributed by atoms with van der Waals surface area (Å²) in [5.41, 5.74) is 2.91. The Kier molecular flexibility index (Phi) is 3.84. The van der Waals surface area contributed by atoms with Gasteiger partial charge < -0.3 is 10.2 Å². The van der Waals surface area contributed by atoms with Crippen molar-refractivity contribution in [2.45, 2.75) is 26.2 Å². The monoisotopic (exact) mass is 268 g/mol. The highest BCUT2D eigenvalue weighted by molar-refractivity contribution is 5.70. The van der Waals surface area contributed by atoms with Crippen molar-refractivity contribution in [2.24, 2.45) is 0 Å². The van der Waals surface area contributed by atoms with E-state index in [9.17, 15) is 10.2 Å². The predicted octanol–water partition coefficient (Wildman–Crippen LogP) is 4.57. The summed E-state index contributed by atoms with van der Waals surface area (Å²) in [7, 11) is 0. The van der Waals surface area contributed by atoms with Gasteiger partial charge in [0.25, 0.3) is 0 Å². The average Bonchev–Trinajstić information content (AvgIpc) is 2.38. The van der Waals surface area contributed by atoms with E-state index >= 15 is 0 Å². The Morgan fingerprint density at radius 3 is 1.95 bits per heavy atom. The van der Waals surface area contributed by atoms with Gasteiger partial charge in [-0.2, -0.15) is 0 Å². The molecule has 2 N–H and O–H groups in total. The molecule has 0 saturated heterocycles. The first-order chi connectivity index (χ1) is 9.36. The van der Waals surface area contributed by atoms with Crippen molar-refractivity contribution in [1.82, 2.24) is 0 Å². The van der Waals surface area contributed by atoms with Crippen LogP contribution in [0, 0.1) is 0 Å². The quantitative estimate of drug-likeness (QED) is 0.783. The molecule has 0 aromatic heterocycles. The lowest BCUT2D eigenvalue weighted by atomic mass is 9.85. The number of hydrogen-bond acceptors (Lipinski definition) is 2. The molecule has 2 aromatic carbocycles. The Hall–Kier alpha value is -2.22. The van der Waals surface area contributed by atoms with Gasteiger partial charge in [0.2, 0.25) is 0 Å². The molecule has 0 unspecified atom stereocenters. The van der Waals surface area contributed by atoms with Gasteiger partial charge in [-0.05, 0) is 46.4 Å². The molecular weight excluding hydrogens is 248 g/mol. The van der Waals surface area contributed by atoms with E-state index in [0.717, 1.165) is 16.7 Å². The smallest absolute Gasteiger partial charge is 0.119 e. The molecule has 0 aliphatic carbocycles. The summed E-state index contributed by atoms with van der Waals surface area (Å²) < 4.78 is 0. The topological polar surface area (TPSA) is 40.5 Å². The largest absolute Gasteiger partial charge is 0.508 e. The van der Waals surface area contributed by atoms with Crippen molar-refractivity contribution < 1.29 is 10.2 Å². The van der Waals surface area contributed by atoms with E-state index in [1.54, 1.807) is 18.2 Å². The summed E-state index contributed by atoms with van der Waals surface area (Å²) in [6, 6.07) is 12.7. The minimum absolute atomic E-state index is 0.0908. The average molecular weight is 268 g/mol. The minimum atomic E-state index is -0.0908. The fraction of sp³-hybridized carbons (Fsp3) is 0.222. The Labute approximate surface area is 120 Å². The summed E-state index contributed by atoms with van der Waals surface area (Å²) in [5, 5.41) is 19.2. The van der Waals surface area contributed by atoms with Crippen LogP contribution in [0.15, 0.2) is 42.5 Å². The van der Waals surface area contributed by atoms with Gasteiger partial charge in [0.15, 0.2) is 0 Å². The first-order valence-electron chi connectivity index (χ1n) is 6.67. The standard InChI is InChI=1S/C18H20O2/c1-18(2,3)16-12-14(8-11-17(16)20)5-4-13-6-9-15(19)10-7-13/h4-12,19-20H,1-3H3/b5-4+. The van der Waals surface area contributed by atoms with Gasteiger partial charge in [0.05, 0.1) is 0 Å². The molecule has 0 spiro atoms. The lowest BCUT2D eigenvalue weighted by Crippen LogP contribution is -2.11. The third-order valence-electron chi connectivity index (χ3n) is 3.19. The van der Waals surface area contributed by atoms with Crippen LogP contribution >= 0.6 is 0 Å². The maximum absolute atomic E-state index is 9.93. The van der Waals surface area contributed by atoms with Gasteiger partial charge in [0, 0.05) is 0 Å². The molecular formula is C18H20O2. The molecule has 0 saturated carbocycles. The predicted molar refractivity (Wildman–Crippen MR) is 83.8 cm³/mol. The van der Waals surface area contributed by atoms with E-state index in [1.807, 2.05) is 36.4 Å². The lowest BCUT2D eigenvalue weighted by molar-refractivity contribution is 0.446. The third kappa shape index (κ3) is 3.41. The number of phenols is 2. The lowest BCUT2D eigenvalue weighted by Gasteiger charge is -2.20. The van der Waals surface area contributed by atoms with Crippen molar-refractivity contribution in [3.8, 4) is 11.5 Å². The third-order valence-corrected chi connectivity index (χ3v) is 3.19. The molecule has 104 valence electrons. The van der Waals surface area contributed by atoms with Crippen molar-refractivity contribution in [3.05, 3.63) is 59.2 Å². The Morgan fingerprint density at radius 2 is 1.35 bits per heavy atom. The van der Waals surface area contributed by atoms with Crippen LogP contribution in [0.2, 0.25) is 0 Å². The van der Waals surface area contributed by atoms with Crippen LogP contribution in [-0.4, -0.2) is 10.2 Å². The summed E-state index contributed by atoms with van der Waals surface area (Å²) >= 11 is 0. The van der Waals surface area contributed by atoms with E-state index in [0.29, 0.717) is 5.75 Å².